The van der Waals surface area contributed by atoms with E-state index in [9.17, 15) is 0 Å². The smallest absolute Gasteiger partial charge is 0.193 e. The van der Waals surface area contributed by atoms with Gasteiger partial charge in [0.2, 0.25) is 0 Å². The molecule has 1 saturated carbocycles. The van der Waals surface area contributed by atoms with E-state index in [0.717, 1.165) is 25.2 Å². The molecular formula is C11H21BrN4OS. The van der Waals surface area contributed by atoms with Gasteiger partial charge in [0.15, 0.2) is 11.1 Å². The number of hydrogen-bond acceptors (Lipinski definition) is 3. The Bertz CT molecular complexity index is 310. The summed E-state index contributed by atoms with van der Waals surface area (Å²) in [5.41, 5.74) is 10.8. The van der Waals surface area contributed by atoms with Gasteiger partial charge in [0.1, 0.15) is 0 Å². The van der Waals surface area contributed by atoms with Gasteiger partial charge in [-0.1, -0.05) is 31.0 Å². The molecule has 0 aromatic carbocycles. The molecule has 7 heteroatoms. The zero-order valence-corrected chi connectivity index (χ0v) is 12.9. The van der Waals surface area contributed by atoms with Crippen LogP contribution in [0.4, 0.5) is 0 Å². The normalized spacial score (nSPS) is 24.2. The number of guanidine groups is 1. The van der Waals surface area contributed by atoms with Gasteiger partial charge in [-0.3, -0.25) is 4.99 Å². The monoisotopic (exact) mass is 336 g/mol. The number of aliphatic imine (C=N–C) groups is 2. The third kappa shape index (κ3) is 6.06. The number of epoxide rings is 1. The molecule has 1 heterocycles. The third-order valence-electron chi connectivity index (χ3n) is 2.89. The first kappa shape index (κ1) is 15.8. The van der Waals surface area contributed by atoms with Gasteiger partial charge < -0.3 is 16.2 Å². The predicted octanol–water partition coefficient (Wildman–Crippen LogP) is 1.66. The van der Waals surface area contributed by atoms with Crippen LogP contribution in [0.25, 0.3) is 0 Å². The molecule has 5 nitrogen and oxygen atoms in total. The van der Waals surface area contributed by atoms with Crippen molar-refractivity contribution in [3.8, 4) is 0 Å². The van der Waals surface area contributed by atoms with Crippen LogP contribution in [0.1, 0.15) is 32.1 Å². The molecule has 0 bridgehead atoms. The number of nitrogens with zero attached hydrogens (tertiary/aromatic N) is 2. The average molecular weight is 337 g/mol. The molecule has 1 aliphatic carbocycles. The average Bonchev–Trinajstić information content (AvgIpc) is 3.10. The van der Waals surface area contributed by atoms with Crippen LogP contribution in [-0.4, -0.2) is 35.6 Å². The summed E-state index contributed by atoms with van der Waals surface area (Å²) in [7, 11) is 0. The van der Waals surface area contributed by atoms with Crippen molar-refractivity contribution in [3.63, 3.8) is 0 Å². The number of nitrogens with two attached hydrogens (primary N) is 2. The molecule has 1 saturated heterocycles. The molecule has 2 rings (SSSR count). The molecule has 0 aromatic rings. The SMILES string of the molecule is Br.NC(N)=NC(=NC1CCCCC1)SCC1CO1. The van der Waals surface area contributed by atoms with Crippen molar-refractivity contribution in [1.29, 1.82) is 0 Å². The maximum atomic E-state index is 5.42. The van der Waals surface area contributed by atoms with Gasteiger partial charge in [-0.15, -0.1) is 17.0 Å². The van der Waals surface area contributed by atoms with E-state index in [4.69, 9.17) is 16.2 Å². The van der Waals surface area contributed by atoms with Gasteiger partial charge in [-0.25, -0.2) is 0 Å². The van der Waals surface area contributed by atoms with E-state index in [2.05, 4.69) is 9.98 Å². The third-order valence-corrected chi connectivity index (χ3v) is 3.89. The van der Waals surface area contributed by atoms with E-state index in [1.807, 2.05) is 0 Å². The summed E-state index contributed by atoms with van der Waals surface area (Å²) in [6.45, 7) is 0.853. The molecule has 0 spiro atoms. The van der Waals surface area contributed by atoms with E-state index in [-0.39, 0.29) is 22.9 Å². The Labute approximate surface area is 123 Å². The fourth-order valence-electron chi connectivity index (χ4n) is 1.91. The molecule has 2 fully saturated rings. The van der Waals surface area contributed by atoms with Crippen molar-refractivity contribution in [2.45, 2.75) is 44.2 Å². The van der Waals surface area contributed by atoms with E-state index < -0.39 is 0 Å². The second-order valence-electron chi connectivity index (χ2n) is 4.51. The number of hydrogen-bond donors (Lipinski definition) is 2. The van der Waals surface area contributed by atoms with Crippen molar-refractivity contribution in [2.24, 2.45) is 21.5 Å². The predicted molar refractivity (Wildman–Crippen MR) is 82.6 cm³/mol. The minimum Gasteiger partial charge on any atom is -0.372 e. The Balaban J connectivity index is 0.00000162. The fraction of sp³-hybridized carbons (Fsp3) is 0.818. The summed E-state index contributed by atoms with van der Waals surface area (Å²) in [5.74, 6) is 0.978. The van der Waals surface area contributed by atoms with Crippen LogP contribution >= 0.6 is 28.7 Å². The summed E-state index contributed by atoms with van der Waals surface area (Å²) in [4.78, 5) is 8.75. The van der Waals surface area contributed by atoms with E-state index >= 15 is 0 Å². The van der Waals surface area contributed by atoms with Crippen molar-refractivity contribution in [3.05, 3.63) is 0 Å². The van der Waals surface area contributed by atoms with Crippen LogP contribution in [0.2, 0.25) is 0 Å². The molecule has 104 valence electrons. The standard InChI is InChI=1S/C11H20N4OS.BrH/c12-10(13)15-11(17-7-9-6-16-9)14-8-4-2-1-3-5-8;/h8-9H,1-7H2,(H4,12,13,14,15);1H. The quantitative estimate of drug-likeness (QED) is 0.466. The lowest BCUT2D eigenvalue weighted by Gasteiger charge is -2.18. The first-order valence-corrected chi connectivity index (χ1v) is 7.14. The fourth-order valence-corrected chi connectivity index (χ4v) is 2.83. The number of ether oxygens (including phenoxy) is 1. The largest absolute Gasteiger partial charge is 0.372 e. The Morgan fingerprint density at radius 3 is 2.44 bits per heavy atom. The Kier molecular flexibility index (Phi) is 7.03. The maximum absolute atomic E-state index is 5.42. The molecule has 0 radical (unpaired) electrons. The lowest BCUT2D eigenvalue weighted by molar-refractivity contribution is 0.426. The summed E-state index contributed by atoms with van der Waals surface area (Å²) in [5, 5.41) is 0.715. The first-order valence-electron chi connectivity index (χ1n) is 6.16. The van der Waals surface area contributed by atoms with Crippen molar-refractivity contribution in [1.82, 2.24) is 0 Å². The van der Waals surface area contributed by atoms with E-state index in [1.54, 1.807) is 11.8 Å². The van der Waals surface area contributed by atoms with Crippen LogP contribution in [-0.2, 0) is 4.74 Å². The summed E-state index contributed by atoms with van der Waals surface area (Å²) in [6, 6.07) is 0.398. The highest BCUT2D eigenvalue weighted by Gasteiger charge is 2.23. The number of rotatable bonds is 3. The van der Waals surface area contributed by atoms with Crippen LogP contribution in [0.5, 0.6) is 0 Å². The van der Waals surface area contributed by atoms with Crippen molar-refractivity contribution >= 4 is 39.9 Å². The molecule has 18 heavy (non-hydrogen) atoms. The Morgan fingerprint density at radius 1 is 1.22 bits per heavy atom. The van der Waals surface area contributed by atoms with Crippen LogP contribution in [0.15, 0.2) is 9.98 Å². The van der Waals surface area contributed by atoms with Crippen LogP contribution < -0.4 is 11.5 Å². The Hall–Kier alpha value is -0.270. The lowest BCUT2D eigenvalue weighted by Crippen LogP contribution is -2.24. The minimum absolute atomic E-state index is 0. The number of thioether (sulfide) groups is 1. The van der Waals surface area contributed by atoms with Crippen molar-refractivity contribution < 1.29 is 4.74 Å². The van der Waals surface area contributed by atoms with Gasteiger partial charge in [-0.05, 0) is 12.8 Å². The highest BCUT2D eigenvalue weighted by Crippen LogP contribution is 2.23. The Morgan fingerprint density at radius 2 is 1.89 bits per heavy atom. The summed E-state index contributed by atoms with van der Waals surface area (Å²) >= 11 is 1.59. The van der Waals surface area contributed by atoms with Gasteiger partial charge in [0, 0.05) is 5.75 Å². The number of amidine groups is 1. The highest BCUT2D eigenvalue weighted by molar-refractivity contribution is 8.93. The molecular weight excluding hydrogens is 316 g/mol. The second kappa shape index (κ2) is 8.01. The van der Waals surface area contributed by atoms with Crippen LogP contribution in [0.3, 0.4) is 0 Å². The molecule has 1 atom stereocenters. The summed E-state index contributed by atoms with van der Waals surface area (Å²) in [6.07, 6.45) is 6.53. The zero-order chi connectivity index (χ0) is 12.1. The van der Waals surface area contributed by atoms with Gasteiger partial charge in [0.05, 0.1) is 18.8 Å². The molecule has 0 aromatic heterocycles. The molecule has 0 amide bonds. The lowest BCUT2D eigenvalue weighted by atomic mass is 9.96. The molecule has 1 aliphatic heterocycles. The topological polar surface area (TPSA) is 89.3 Å². The van der Waals surface area contributed by atoms with Crippen LogP contribution in [0, 0.1) is 0 Å². The first-order chi connectivity index (χ1) is 8.24. The molecule has 4 N–H and O–H groups in total. The summed E-state index contributed by atoms with van der Waals surface area (Å²) < 4.78 is 5.17. The molecule has 2 aliphatic rings. The highest BCUT2D eigenvalue weighted by atomic mass is 79.9. The minimum atomic E-state index is 0. The second-order valence-corrected chi connectivity index (χ2v) is 5.49. The van der Waals surface area contributed by atoms with Gasteiger partial charge in [-0.2, -0.15) is 4.99 Å². The molecule has 1 unspecified atom stereocenters. The maximum Gasteiger partial charge on any atom is 0.193 e. The van der Waals surface area contributed by atoms with Gasteiger partial charge >= 0.3 is 0 Å². The van der Waals surface area contributed by atoms with E-state index in [1.165, 1.54) is 19.3 Å². The number of halogens is 1. The van der Waals surface area contributed by atoms with Gasteiger partial charge in [0.25, 0.3) is 0 Å². The van der Waals surface area contributed by atoms with Crippen molar-refractivity contribution in [2.75, 3.05) is 12.4 Å². The van der Waals surface area contributed by atoms with E-state index in [0.29, 0.717) is 17.3 Å². The zero-order valence-electron chi connectivity index (χ0n) is 10.4.